The number of aliphatic hydroxyl groups is 4. The summed E-state index contributed by atoms with van der Waals surface area (Å²) in [6.45, 7) is -19.9. The molecule has 0 spiro atoms. The third-order valence-corrected chi connectivity index (χ3v) is 22.5. The molecule has 0 bridgehead atoms. The Bertz CT molecular complexity index is 6810. The van der Waals surface area contributed by atoms with E-state index >= 15 is 0 Å². The van der Waals surface area contributed by atoms with E-state index in [0.29, 0.717) is 6.92 Å². The average molecular weight is 1740 g/mol. The fraction of sp³-hybridized carbons (Fsp3) is 0.760. The van der Waals surface area contributed by atoms with E-state index in [9.17, 15) is 58.8 Å². The van der Waals surface area contributed by atoms with Gasteiger partial charge < -0.3 is 58.3 Å². The van der Waals surface area contributed by atoms with Crippen molar-refractivity contribution in [1.82, 2.24) is 0 Å². The fourth-order valence-electron chi connectivity index (χ4n) is 15.0. The number of carbonyl (C=O) groups is 8. The van der Waals surface area contributed by atoms with Gasteiger partial charge in [0.05, 0.1) is 88.0 Å². The molecule has 120 heavy (non-hydrogen) atoms. The molecule has 0 radical (unpaired) electrons. The maximum atomic E-state index is 14.0. The number of rotatable bonds is 24. The summed E-state index contributed by atoms with van der Waals surface area (Å²) in [4.78, 5) is 104. The molecule has 12 rings (SSSR count). The van der Waals surface area contributed by atoms with Crippen molar-refractivity contribution in [3.8, 4) is 0 Å². The molecule has 31 atom stereocenters. The first-order valence-corrected chi connectivity index (χ1v) is 39.4. The van der Waals surface area contributed by atoms with Gasteiger partial charge in [-0.2, -0.15) is 0 Å². The monoisotopic (exact) mass is 1740 g/mol. The predicted molar refractivity (Wildman–Crippen MR) is 462 cm³/mol. The van der Waals surface area contributed by atoms with Gasteiger partial charge in [0, 0.05) is 125 Å². The van der Waals surface area contributed by atoms with Gasteiger partial charge in [-0.25, -0.2) is 0 Å². The molecule has 4 saturated heterocycles. The summed E-state index contributed by atoms with van der Waals surface area (Å²) in [5.74, 6) is -47.9. The van der Waals surface area contributed by atoms with Crippen LogP contribution in [-0.4, -0.2) is 141 Å². The highest BCUT2D eigenvalue weighted by atomic mass is 16.6. The van der Waals surface area contributed by atoms with Gasteiger partial charge in [-0.3, -0.25) is 38.4 Å². The lowest BCUT2D eigenvalue weighted by Gasteiger charge is -2.44. The lowest BCUT2D eigenvalue weighted by molar-refractivity contribution is -0.166. The van der Waals surface area contributed by atoms with Crippen LogP contribution in [0.2, 0.25) is 0 Å². The molecular formula is C100H152O20. The summed E-state index contributed by atoms with van der Waals surface area (Å²) in [6.07, 6.45) is -58.2. The molecule has 8 aliphatic carbocycles. The minimum absolute atomic E-state index is 0.202. The quantitative estimate of drug-likeness (QED) is 0.0516. The Morgan fingerprint density at radius 3 is 0.858 bits per heavy atom. The molecular weight excluding hydrogens is 1520 g/mol. The van der Waals surface area contributed by atoms with Gasteiger partial charge in [0.1, 0.15) is 48.8 Å². The number of cyclic esters (lactones) is 4. The summed E-state index contributed by atoms with van der Waals surface area (Å²) < 4.78 is 598. The van der Waals surface area contributed by atoms with Crippen LogP contribution >= 0.6 is 0 Å². The SMILES string of the molecule is [2H]C1=C([2H])[C@]([2H])(C)[C@H](CCC2C[C@@H](O)C([2H])([2H])C(=O)O2)[C@@H]2C1=C([2H])[C@]([2H])(C([2H])([2H])[2H])C([2H])([2H])C2OC(=O)C(C)(C([2H])([2H])[2H])C([2H])([2H])C([2H])([2H])[2H].[2H]C1=C([2H])[C@]([2H])(C)[C@H](CCC2C[C@@H](O)C([2H])([2H])C(=O)O2)[C@@H]2C1=C([2H])[C@]([2H])(C([2H])([2H])[2H])C([2H])([2H])C2OC(=O)C(C)(C)C([2H])([2H])C([2H])([2H])[2H].[2H]C1=C([2H])[C@]([2H])(C)[C@H](CCC2C[C@@H](O)C([2H])([2H])C(=O)O2)[C@@H]2C1=C([2H])[C@]([2H])(C([2H])([2H])[2H])C([2H])([2H])C2OC(=O)C(C)(CC)C([2H])([2H])[2H].[2H]C1=C([2H])[C@]([2H])(C)[C@H](CCC2C[C@@H](O)C([2H])([2H])C(=O)O2)[C@@H]2C1=C([2H])[C@]([2H])(C([2H])([2H])[2H])C([2H])([2H])C2OC(=O)C(C)(CC)C([2H])([2H])[2H]. The second-order valence-corrected chi connectivity index (χ2v) is 32.2. The zero-order valence-corrected chi connectivity index (χ0v) is 68.3. The third-order valence-electron chi connectivity index (χ3n) is 22.5. The maximum Gasteiger partial charge on any atom is 0.311 e. The number of esters is 8. The molecule has 12 aliphatic rings. The lowest BCUT2D eigenvalue weighted by atomic mass is 9.65. The minimum atomic E-state index is -3.91. The molecule has 0 aromatic carbocycles. The number of fused-ring (bicyclic) bond motifs is 4. The Morgan fingerprint density at radius 2 is 0.642 bits per heavy atom. The Morgan fingerprint density at radius 1 is 0.408 bits per heavy atom. The average Bonchev–Trinajstić information content (AvgIpc) is 0.686. The molecule has 0 aromatic heterocycles. The van der Waals surface area contributed by atoms with E-state index in [1.54, 1.807) is 0 Å². The molecule has 20 nitrogen and oxygen atoms in total. The van der Waals surface area contributed by atoms with Crippen molar-refractivity contribution < 1.29 is 189 Å². The Hall–Kier alpha value is -6.48. The Kier molecular flexibility index (Phi) is 14.3. The highest BCUT2D eigenvalue weighted by Crippen LogP contribution is 2.51. The minimum Gasteiger partial charge on any atom is -0.462 e. The number of aliphatic hydroxyl groups excluding tert-OH is 4. The van der Waals surface area contributed by atoms with Gasteiger partial charge in [-0.05, 0) is 251 Å². The van der Waals surface area contributed by atoms with Gasteiger partial charge in [-0.1, -0.05) is 155 Å². The molecule has 11 unspecified atom stereocenters. The summed E-state index contributed by atoms with van der Waals surface area (Å²) in [5.41, 5.74) is -13.3. The van der Waals surface area contributed by atoms with E-state index < -0.39 is 477 Å². The van der Waals surface area contributed by atoms with Crippen LogP contribution in [0.1, 0.15) is 383 Å². The van der Waals surface area contributed by atoms with Crippen LogP contribution in [0, 0.1) is 116 Å². The van der Waals surface area contributed by atoms with Crippen molar-refractivity contribution in [2.75, 3.05) is 0 Å². The van der Waals surface area contributed by atoms with Crippen LogP contribution in [0.25, 0.3) is 0 Å². The van der Waals surface area contributed by atoms with Gasteiger partial charge in [0.15, 0.2) is 0 Å². The van der Waals surface area contributed by atoms with Crippen molar-refractivity contribution in [3.05, 3.63) is 94.9 Å². The standard InChI is InChI=1S/4C25H38O5/c4*1-6-25(4,5)24(28)30-21-12-15(2)11-17-8-7-16(3)20(23(17)21)10-9-19-13-18(26)14-22(27)29-19/h4*7-8,11,15-16,18-21,23,26H,6,9-10,12-14H2,1-5H3/t4*15-,16-,18+,19?,20-,21?,23-/m0000/s1/i1D3,2D3,4D3,6D2,7D,8D,11D,12D2,14D2,15D,16D;1D3,2D3,6D2,7D,8D,11D,12D2,14D2,15D,16D;2*2D3,4D3,7D,8D,11D,12D2,14D2,15D,16D/t15-,16-,18+,19?,20-,21?,23-,25?;m;2*15-,16-,18+,19?,20-,21?,23-,25?. The van der Waals surface area contributed by atoms with E-state index in [0.717, 1.165) is 41.5 Å². The van der Waals surface area contributed by atoms with Crippen LogP contribution in [-0.2, 0) is 76.3 Å². The van der Waals surface area contributed by atoms with Gasteiger partial charge in [0.2, 0.25) is 0 Å². The topological polar surface area (TPSA) is 291 Å². The number of carbonyl (C=O) groups excluding carboxylic acids is 8. The number of hydrogen-bond donors (Lipinski definition) is 4. The molecule has 0 amide bonds. The number of ether oxygens (including phenoxy) is 8. The second kappa shape index (κ2) is 42.5. The lowest BCUT2D eigenvalue weighted by Crippen LogP contribution is -2.43. The van der Waals surface area contributed by atoms with Gasteiger partial charge in [-0.15, -0.1) is 0 Å². The van der Waals surface area contributed by atoms with Crippen molar-refractivity contribution in [2.24, 2.45) is 116 Å². The number of hydrogen-bond acceptors (Lipinski definition) is 20. The summed E-state index contributed by atoms with van der Waals surface area (Å²) in [7, 11) is 0. The summed E-state index contributed by atoms with van der Waals surface area (Å²) in [5, 5.41) is 40.8. The normalized spacial score (nSPS) is 56.3. The van der Waals surface area contributed by atoms with Crippen LogP contribution in [0.3, 0.4) is 0 Å². The molecule has 4 fully saturated rings. The van der Waals surface area contributed by atoms with Crippen LogP contribution in [0.5, 0.6) is 0 Å². The molecule has 20 heteroatoms. The van der Waals surface area contributed by atoms with Gasteiger partial charge in [0.25, 0.3) is 0 Å². The van der Waals surface area contributed by atoms with E-state index in [4.69, 9.17) is 130 Å². The van der Waals surface area contributed by atoms with Crippen molar-refractivity contribution in [1.29, 1.82) is 0 Å². The predicted octanol–water partition coefficient (Wildman–Crippen LogP) is 18.3. The van der Waals surface area contributed by atoms with Crippen LogP contribution in [0.15, 0.2) is 94.9 Å². The van der Waals surface area contributed by atoms with Crippen LogP contribution < -0.4 is 0 Å². The van der Waals surface area contributed by atoms with Crippen LogP contribution in [0.4, 0.5) is 0 Å². The fourth-order valence-corrected chi connectivity index (χ4v) is 15.0. The van der Waals surface area contributed by atoms with Crippen molar-refractivity contribution >= 4 is 47.8 Å². The second-order valence-electron chi connectivity index (χ2n) is 32.2. The first-order valence-electron chi connectivity index (χ1n) is 72.9. The first kappa shape index (κ1) is 40.4. The molecule has 4 N–H and O–H groups in total. The molecule has 0 aromatic rings. The maximum absolute atomic E-state index is 14.0. The van der Waals surface area contributed by atoms with E-state index in [1.807, 2.05) is 0 Å². The third kappa shape index (κ3) is 25.9. The molecule has 672 valence electrons. The van der Waals surface area contributed by atoms with E-state index in [1.165, 1.54) is 27.7 Å². The zero-order valence-electron chi connectivity index (χ0n) is 135. The largest absolute Gasteiger partial charge is 0.462 e. The highest BCUT2D eigenvalue weighted by Gasteiger charge is 2.50. The van der Waals surface area contributed by atoms with Crippen molar-refractivity contribution in [2.45, 2.75) is 365 Å². The zero-order chi connectivity index (χ0) is 146. The molecule has 0 saturated carbocycles. The Balaban J connectivity index is 0.000000271. The molecule has 4 aliphatic heterocycles. The summed E-state index contributed by atoms with van der Waals surface area (Å²) >= 11 is 0. The van der Waals surface area contributed by atoms with E-state index in [-0.39, 0.29) is 70.6 Å². The highest BCUT2D eigenvalue weighted by molar-refractivity contribution is 5.78. The van der Waals surface area contributed by atoms with Crippen molar-refractivity contribution in [3.63, 3.8) is 0 Å². The first-order chi connectivity index (χ1) is 82.9. The summed E-state index contributed by atoms with van der Waals surface area (Å²) in [6, 6.07) is -11.5. The Labute approximate surface area is 812 Å². The number of allylic oxidation sites excluding steroid dienone is 12. The molecule has 4 heterocycles. The van der Waals surface area contributed by atoms with E-state index in [2.05, 4.69) is 0 Å². The smallest absolute Gasteiger partial charge is 0.311 e. The van der Waals surface area contributed by atoms with Gasteiger partial charge >= 0.3 is 47.8 Å².